The molecule has 1 aromatic rings. The normalized spacial score (nSPS) is 20.3. The third-order valence-corrected chi connectivity index (χ3v) is 4.07. The summed E-state index contributed by atoms with van der Waals surface area (Å²) in [6.07, 6.45) is 3.83. The van der Waals surface area contributed by atoms with Gasteiger partial charge in [0.2, 0.25) is 0 Å². The summed E-state index contributed by atoms with van der Waals surface area (Å²) in [5.41, 5.74) is 2.54. The molecular formula is C16H26N2O. The molecule has 0 radical (unpaired) electrons. The second-order valence-corrected chi connectivity index (χ2v) is 5.55. The number of ether oxygens (including phenoxy) is 1. The van der Waals surface area contributed by atoms with Gasteiger partial charge < -0.3 is 10.1 Å². The van der Waals surface area contributed by atoms with Crippen molar-refractivity contribution in [1.82, 2.24) is 10.2 Å². The molecule has 1 aromatic carbocycles. The van der Waals surface area contributed by atoms with E-state index in [1.807, 2.05) is 0 Å². The van der Waals surface area contributed by atoms with Crippen LogP contribution in [0.1, 0.15) is 30.4 Å². The zero-order chi connectivity index (χ0) is 13.7. The number of hydrogen-bond acceptors (Lipinski definition) is 3. The molecule has 106 valence electrons. The van der Waals surface area contributed by atoms with E-state index in [4.69, 9.17) is 4.74 Å². The molecule has 0 aliphatic carbocycles. The maximum absolute atomic E-state index is 5.40. The van der Waals surface area contributed by atoms with Crippen molar-refractivity contribution in [3.05, 3.63) is 29.3 Å². The molecule has 0 saturated carbocycles. The van der Waals surface area contributed by atoms with E-state index in [-0.39, 0.29) is 0 Å². The Bertz CT molecular complexity index is 398. The van der Waals surface area contributed by atoms with Crippen molar-refractivity contribution >= 4 is 0 Å². The van der Waals surface area contributed by atoms with Gasteiger partial charge in [0.05, 0.1) is 7.11 Å². The van der Waals surface area contributed by atoms with E-state index in [2.05, 4.69) is 42.4 Å². The van der Waals surface area contributed by atoms with Crippen molar-refractivity contribution in [2.45, 2.75) is 38.8 Å². The molecule has 0 amide bonds. The lowest BCUT2D eigenvalue weighted by atomic mass is 10.1. The van der Waals surface area contributed by atoms with Crippen LogP contribution in [0.3, 0.4) is 0 Å². The molecule has 3 heteroatoms. The van der Waals surface area contributed by atoms with Gasteiger partial charge in [0, 0.05) is 12.6 Å². The molecule has 1 N–H and O–H groups in total. The van der Waals surface area contributed by atoms with Gasteiger partial charge in [-0.05, 0) is 63.5 Å². The van der Waals surface area contributed by atoms with Crippen molar-refractivity contribution < 1.29 is 4.74 Å². The SMILES string of the molecule is COc1cc(CN(C)C2CCCNCC2)ccc1C. The van der Waals surface area contributed by atoms with Gasteiger partial charge >= 0.3 is 0 Å². The van der Waals surface area contributed by atoms with E-state index in [0.29, 0.717) is 6.04 Å². The lowest BCUT2D eigenvalue weighted by molar-refractivity contribution is 0.216. The van der Waals surface area contributed by atoms with Crippen LogP contribution >= 0.6 is 0 Å². The Labute approximate surface area is 116 Å². The fourth-order valence-electron chi connectivity index (χ4n) is 2.82. The Morgan fingerprint density at radius 3 is 2.95 bits per heavy atom. The average Bonchev–Trinajstić information content (AvgIpc) is 2.70. The quantitative estimate of drug-likeness (QED) is 0.902. The fourth-order valence-corrected chi connectivity index (χ4v) is 2.82. The smallest absolute Gasteiger partial charge is 0.122 e. The molecule has 1 aliphatic rings. The Balaban J connectivity index is 1.99. The zero-order valence-electron chi connectivity index (χ0n) is 12.4. The summed E-state index contributed by atoms with van der Waals surface area (Å²) < 4.78 is 5.40. The first-order chi connectivity index (χ1) is 9.20. The predicted octanol–water partition coefficient (Wildman–Crippen LogP) is 2.58. The average molecular weight is 262 g/mol. The van der Waals surface area contributed by atoms with Crippen molar-refractivity contribution in [3.63, 3.8) is 0 Å². The summed E-state index contributed by atoms with van der Waals surface area (Å²) in [4.78, 5) is 2.48. The standard InChI is InChI=1S/C16H26N2O/c1-13-6-7-14(11-16(13)19-3)12-18(2)15-5-4-9-17-10-8-15/h6-7,11,15,17H,4-5,8-10,12H2,1-3H3. The number of rotatable bonds is 4. The number of nitrogens with zero attached hydrogens (tertiary/aromatic N) is 1. The van der Waals surface area contributed by atoms with Crippen molar-refractivity contribution in [2.24, 2.45) is 0 Å². The molecule has 1 fully saturated rings. The molecule has 2 rings (SSSR count). The first-order valence-corrected chi connectivity index (χ1v) is 7.25. The lowest BCUT2D eigenvalue weighted by Gasteiger charge is -2.27. The van der Waals surface area contributed by atoms with E-state index < -0.39 is 0 Å². The molecule has 3 nitrogen and oxygen atoms in total. The van der Waals surface area contributed by atoms with Crippen molar-refractivity contribution in [2.75, 3.05) is 27.2 Å². The van der Waals surface area contributed by atoms with Crippen LogP contribution in [0.25, 0.3) is 0 Å². The highest BCUT2D eigenvalue weighted by atomic mass is 16.5. The predicted molar refractivity (Wildman–Crippen MR) is 79.7 cm³/mol. The maximum Gasteiger partial charge on any atom is 0.122 e. The Hall–Kier alpha value is -1.06. The van der Waals surface area contributed by atoms with Gasteiger partial charge in [-0.15, -0.1) is 0 Å². The second kappa shape index (κ2) is 6.92. The minimum atomic E-state index is 0.697. The number of hydrogen-bond donors (Lipinski definition) is 1. The fraction of sp³-hybridized carbons (Fsp3) is 0.625. The van der Waals surface area contributed by atoms with Gasteiger partial charge in [-0.3, -0.25) is 4.90 Å². The van der Waals surface area contributed by atoms with Crippen LogP contribution in [0.15, 0.2) is 18.2 Å². The molecule has 0 bridgehead atoms. The number of nitrogens with one attached hydrogen (secondary N) is 1. The Kier molecular flexibility index (Phi) is 5.23. The van der Waals surface area contributed by atoms with Gasteiger partial charge in [-0.25, -0.2) is 0 Å². The monoisotopic (exact) mass is 262 g/mol. The van der Waals surface area contributed by atoms with Gasteiger partial charge in [0.1, 0.15) is 5.75 Å². The molecule has 1 atom stereocenters. The van der Waals surface area contributed by atoms with Gasteiger partial charge in [-0.2, -0.15) is 0 Å². The van der Waals surface area contributed by atoms with E-state index in [9.17, 15) is 0 Å². The highest BCUT2D eigenvalue weighted by Gasteiger charge is 2.17. The number of aryl methyl sites for hydroxylation is 1. The third kappa shape index (κ3) is 3.95. The molecule has 1 aliphatic heterocycles. The van der Waals surface area contributed by atoms with Gasteiger partial charge in [0.15, 0.2) is 0 Å². The summed E-state index contributed by atoms with van der Waals surface area (Å²) in [7, 11) is 3.98. The minimum absolute atomic E-state index is 0.697. The van der Waals surface area contributed by atoms with Gasteiger partial charge in [0.25, 0.3) is 0 Å². The highest BCUT2D eigenvalue weighted by Crippen LogP contribution is 2.21. The maximum atomic E-state index is 5.40. The van der Waals surface area contributed by atoms with Gasteiger partial charge in [-0.1, -0.05) is 12.1 Å². The number of methoxy groups -OCH3 is 1. The lowest BCUT2D eigenvalue weighted by Crippen LogP contribution is -2.32. The topological polar surface area (TPSA) is 24.5 Å². The second-order valence-electron chi connectivity index (χ2n) is 5.55. The van der Waals surface area contributed by atoms with Crippen molar-refractivity contribution in [1.29, 1.82) is 0 Å². The first-order valence-electron chi connectivity index (χ1n) is 7.25. The Morgan fingerprint density at radius 2 is 2.16 bits per heavy atom. The molecule has 0 spiro atoms. The molecule has 19 heavy (non-hydrogen) atoms. The van der Waals surface area contributed by atoms with E-state index in [1.54, 1.807) is 7.11 Å². The van der Waals surface area contributed by atoms with E-state index >= 15 is 0 Å². The third-order valence-electron chi connectivity index (χ3n) is 4.07. The molecule has 1 unspecified atom stereocenters. The van der Waals surface area contributed by atoms with Crippen LogP contribution in [-0.4, -0.2) is 38.2 Å². The molecule has 1 heterocycles. The summed E-state index contributed by atoms with van der Waals surface area (Å²) in [6.45, 7) is 5.40. The largest absolute Gasteiger partial charge is 0.496 e. The van der Waals surface area contributed by atoms with Crippen LogP contribution in [0.2, 0.25) is 0 Å². The van der Waals surface area contributed by atoms with Crippen LogP contribution in [-0.2, 0) is 6.54 Å². The van der Waals surface area contributed by atoms with E-state index in [0.717, 1.165) is 18.8 Å². The van der Waals surface area contributed by atoms with Crippen molar-refractivity contribution in [3.8, 4) is 5.75 Å². The minimum Gasteiger partial charge on any atom is -0.496 e. The van der Waals surface area contributed by atoms with Crippen LogP contribution < -0.4 is 10.1 Å². The first kappa shape index (κ1) is 14.4. The number of benzene rings is 1. The van der Waals surface area contributed by atoms with E-state index in [1.165, 1.54) is 36.9 Å². The zero-order valence-corrected chi connectivity index (χ0v) is 12.4. The van der Waals surface area contributed by atoms with Crippen LogP contribution in [0, 0.1) is 6.92 Å². The summed E-state index contributed by atoms with van der Waals surface area (Å²) >= 11 is 0. The molecule has 1 saturated heterocycles. The summed E-state index contributed by atoms with van der Waals surface area (Å²) in [5, 5.41) is 3.47. The molecule has 0 aromatic heterocycles. The van der Waals surface area contributed by atoms with Crippen LogP contribution in [0.4, 0.5) is 0 Å². The van der Waals surface area contributed by atoms with Crippen LogP contribution in [0.5, 0.6) is 5.75 Å². The molecular weight excluding hydrogens is 236 g/mol. The highest BCUT2D eigenvalue weighted by molar-refractivity contribution is 5.36. The summed E-state index contributed by atoms with van der Waals surface area (Å²) in [6, 6.07) is 7.23. The summed E-state index contributed by atoms with van der Waals surface area (Å²) in [5.74, 6) is 0.994. The Morgan fingerprint density at radius 1 is 1.32 bits per heavy atom.